The summed E-state index contributed by atoms with van der Waals surface area (Å²) in [7, 11) is 4.61. The summed E-state index contributed by atoms with van der Waals surface area (Å²) in [5, 5.41) is 0. The second kappa shape index (κ2) is 8.21. The van der Waals surface area contributed by atoms with Gasteiger partial charge in [-0.3, -0.25) is 4.79 Å². The molecule has 5 nitrogen and oxygen atoms in total. The van der Waals surface area contributed by atoms with Gasteiger partial charge < -0.3 is 18.8 Å². The lowest BCUT2D eigenvalue weighted by Gasteiger charge is -2.15. The number of methoxy groups -OCH3 is 3. The number of carbonyl (C=O) groups is 1. The van der Waals surface area contributed by atoms with Gasteiger partial charge in [-0.25, -0.2) is 0 Å². The van der Waals surface area contributed by atoms with Crippen LogP contribution in [0.1, 0.15) is 35.9 Å². The van der Waals surface area contributed by atoms with Crippen molar-refractivity contribution in [1.82, 2.24) is 4.57 Å². The summed E-state index contributed by atoms with van der Waals surface area (Å²) < 4.78 is 18.1. The first-order chi connectivity index (χ1) is 13.5. The highest BCUT2D eigenvalue weighted by Gasteiger charge is 2.22. The second-order valence-electron chi connectivity index (χ2n) is 6.72. The molecule has 0 amide bonds. The summed E-state index contributed by atoms with van der Waals surface area (Å²) in [5.74, 6) is 1.27. The Morgan fingerprint density at radius 3 is 1.96 bits per heavy atom. The molecule has 0 aliphatic heterocycles. The van der Waals surface area contributed by atoms with Gasteiger partial charge >= 0.3 is 0 Å². The van der Waals surface area contributed by atoms with Crippen molar-refractivity contribution in [2.45, 2.75) is 19.9 Å². The van der Waals surface area contributed by atoms with E-state index < -0.39 is 0 Å². The molecule has 0 aliphatic rings. The van der Waals surface area contributed by atoms with E-state index >= 15 is 0 Å². The van der Waals surface area contributed by atoms with Crippen LogP contribution in [0.5, 0.6) is 17.2 Å². The predicted octanol–water partition coefficient (Wildman–Crippen LogP) is 4.99. The average Bonchev–Trinajstić information content (AvgIpc) is 3.18. The molecular weight excluding hydrogens is 354 g/mol. The molecule has 0 unspecified atom stereocenters. The van der Waals surface area contributed by atoms with Crippen LogP contribution >= 0.6 is 0 Å². The van der Waals surface area contributed by atoms with Crippen LogP contribution in [-0.2, 0) is 0 Å². The molecule has 2 aromatic carbocycles. The fourth-order valence-electron chi connectivity index (χ4n) is 3.24. The fourth-order valence-corrected chi connectivity index (χ4v) is 3.24. The molecule has 0 aliphatic carbocycles. The molecule has 3 rings (SSSR count). The van der Waals surface area contributed by atoms with Gasteiger partial charge in [0.15, 0.2) is 11.5 Å². The van der Waals surface area contributed by atoms with Crippen molar-refractivity contribution in [3.05, 3.63) is 66.0 Å². The van der Waals surface area contributed by atoms with Crippen LogP contribution in [0, 0.1) is 0 Å². The summed E-state index contributed by atoms with van der Waals surface area (Å²) in [5.41, 5.74) is 3.17. The zero-order valence-corrected chi connectivity index (χ0v) is 16.9. The number of ketones is 1. The third kappa shape index (κ3) is 3.60. The molecule has 0 bridgehead atoms. The van der Waals surface area contributed by atoms with E-state index in [2.05, 4.69) is 13.8 Å². The normalized spacial score (nSPS) is 10.8. The van der Waals surface area contributed by atoms with E-state index in [-0.39, 0.29) is 11.8 Å². The van der Waals surface area contributed by atoms with Gasteiger partial charge in [0.25, 0.3) is 0 Å². The Bertz CT molecular complexity index is 949. The minimum Gasteiger partial charge on any atom is -0.493 e. The summed E-state index contributed by atoms with van der Waals surface area (Å²) >= 11 is 0. The molecule has 3 aromatic rings. The van der Waals surface area contributed by atoms with Crippen LogP contribution in [0.15, 0.2) is 54.7 Å². The van der Waals surface area contributed by atoms with Crippen LogP contribution in [-0.4, -0.2) is 31.7 Å². The molecule has 1 aromatic heterocycles. The molecule has 0 spiro atoms. The Kier molecular flexibility index (Phi) is 5.73. The molecule has 0 radical (unpaired) electrons. The second-order valence-corrected chi connectivity index (χ2v) is 6.72. The molecule has 0 atom stereocenters. The number of hydrogen-bond donors (Lipinski definition) is 0. The van der Waals surface area contributed by atoms with E-state index in [9.17, 15) is 4.79 Å². The molecule has 28 heavy (non-hydrogen) atoms. The maximum Gasteiger partial charge on any atom is 0.209 e. The fraction of sp³-hybridized carbons (Fsp3) is 0.261. The summed E-state index contributed by atoms with van der Waals surface area (Å²) in [4.78, 5) is 13.4. The highest BCUT2D eigenvalue weighted by Crippen LogP contribution is 2.39. The standard InChI is InChI=1S/C23H25NO4/c1-15(2)24-14-18(16-9-7-6-8-10-16)11-19(24)22(25)17-12-20(26-3)23(28-5)21(13-17)27-4/h6-15H,1-5H3. The van der Waals surface area contributed by atoms with E-state index in [1.54, 1.807) is 12.1 Å². The smallest absolute Gasteiger partial charge is 0.209 e. The van der Waals surface area contributed by atoms with Crippen molar-refractivity contribution in [3.63, 3.8) is 0 Å². The van der Waals surface area contributed by atoms with E-state index in [1.165, 1.54) is 21.3 Å². The van der Waals surface area contributed by atoms with E-state index in [4.69, 9.17) is 14.2 Å². The Hall–Kier alpha value is -3.21. The first-order valence-electron chi connectivity index (χ1n) is 9.12. The van der Waals surface area contributed by atoms with Crippen LogP contribution in [0.3, 0.4) is 0 Å². The van der Waals surface area contributed by atoms with Gasteiger partial charge in [0.1, 0.15) is 0 Å². The molecule has 5 heteroatoms. The maximum absolute atomic E-state index is 13.4. The summed E-state index contributed by atoms with van der Waals surface area (Å²) in [6.45, 7) is 4.11. The predicted molar refractivity (Wildman–Crippen MR) is 110 cm³/mol. The summed E-state index contributed by atoms with van der Waals surface area (Å²) in [6, 6.07) is 15.5. The quantitative estimate of drug-likeness (QED) is 0.543. The first-order valence-corrected chi connectivity index (χ1v) is 9.12. The van der Waals surface area contributed by atoms with Crippen LogP contribution in [0.4, 0.5) is 0 Å². The van der Waals surface area contributed by atoms with Gasteiger partial charge in [0.2, 0.25) is 11.5 Å². The topological polar surface area (TPSA) is 49.7 Å². The number of aromatic nitrogens is 1. The lowest BCUT2D eigenvalue weighted by Crippen LogP contribution is -2.12. The molecule has 0 saturated heterocycles. The third-order valence-electron chi connectivity index (χ3n) is 4.67. The van der Waals surface area contributed by atoms with Gasteiger partial charge in [-0.2, -0.15) is 0 Å². The molecule has 0 fully saturated rings. The Labute approximate surface area is 165 Å². The Balaban J connectivity index is 2.11. The number of ether oxygens (including phenoxy) is 3. The highest BCUT2D eigenvalue weighted by atomic mass is 16.5. The molecule has 1 heterocycles. The van der Waals surface area contributed by atoms with E-state index in [0.29, 0.717) is 28.5 Å². The first kappa shape index (κ1) is 19.5. The maximum atomic E-state index is 13.4. The summed E-state index contributed by atoms with van der Waals surface area (Å²) in [6.07, 6.45) is 2.02. The number of carbonyl (C=O) groups excluding carboxylic acids is 1. The number of benzene rings is 2. The van der Waals surface area contributed by atoms with Crippen molar-refractivity contribution < 1.29 is 19.0 Å². The Morgan fingerprint density at radius 1 is 0.857 bits per heavy atom. The number of hydrogen-bond acceptors (Lipinski definition) is 4. The van der Waals surface area contributed by atoms with Gasteiger partial charge in [0, 0.05) is 23.4 Å². The lowest BCUT2D eigenvalue weighted by atomic mass is 10.0. The van der Waals surface area contributed by atoms with Gasteiger partial charge in [-0.05, 0) is 37.6 Å². The van der Waals surface area contributed by atoms with Crippen molar-refractivity contribution in [3.8, 4) is 28.4 Å². The van der Waals surface area contributed by atoms with Crippen molar-refractivity contribution in [2.75, 3.05) is 21.3 Å². The van der Waals surface area contributed by atoms with Crippen LogP contribution < -0.4 is 14.2 Å². The van der Waals surface area contributed by atoms with Gasteiger partial charge in [-0.1, -0.05) is 30.3 Å². The third-order valence-corrected chi connectivity index (χ3v) is 4.67. The van der Waals surface area contributed by atoms with Crippen LogP contribution in [0.2, 0.25) is 0 Å². The number of nitrogens with zero attached hydrogens (tertiary/aromatic N) is 1. The minimum atomic E-state index is -0.102. The van der Waals surface area contributed by atoms with E-state index in [0.717, 1.165) is 11.1 Å². The minimum absolute atomic E-state index is 0.102. The SMILES string of the molecule is COc1cc(C(=O)c2cc(-c3ccccc3)cn2C(C)C)cc(OC)c1OC. The Morgan fingerprint density at radius 2 is 1.46 bits per heavy atom. The number of rotatable bonds is 7. The van der Waals surface area contributed by atoms with Gasteiger partial charge in [0.05, 0.1) is 27.0 Å². The molecular formula is C23H25NO4. The van der Waals surface area contributed by atoms with Gasteiger partial charge in [-0.15, -0.1) is 0 Å². The van der Waals surface area contributed by atoms with Crippen molar-refractivity contribution in [1.29, 1.82) is 0 Å². The van der Waals surface area contributed by atoms with E-state index in [1.807, 2.05) is 47.2 Å². The lowest BCUT2D eigenvalue weighted by molar-refractivity contribution is 0.102. The largest absolute Gasteiger partial charge is 0.493 e. The molecule has 146 valence electrons. The monoisotopic (exact) mass is 379 g/mol. The van der Waals surface area contributed by atoms with Crippen molar-refractivity contribution >= 4 is 5.78 Å². The van der Waals surface area contributed by atoms with Crippen molar-refractivity contribution in [2.24, 2.45) is 0 Å². The van der Waals surface area contributed by atoms with Crippen LogP contribution in [0.25, 0.3) is 11.1 Å². The molecule has 0 saturated carbocycles. The average molecular weight is 379 g/mol. The molecule has 0 N–H and O–H groups in total. The zero-order chi connectivity index (χ0) is 20.3. The zero-order valence-electron chi connectivity index (χ0n) is 16.9. The highest BCUT2D eigenvalue weighted by molar-refractivity contribution is 6.09.